The van der Waals surface area contributed by atoms with Crippen molar-refractivity contribution in [2.24, 2.45) is 5.73 Å². The third kappa shape index (κ3) is 3.04. The van der Waals surface area contributed by atoms with Crippen LogP contribution in [-0.2, 0) is 4.79 Å². The molecule has 0 saturated carbocycles. The standard InChI is InChI=1S/C14H17ClN2O3/c15-9-5-6-10(13(16)18)12(8-9)17-7-3-1-2-4-11(17)14(19)20/h5-6,8,11H,1-4,7H2,(H2,16,18)(H,19,20). The van der Waals surface area contributed by atoms with Gasteiger partial charge < -0.3 is 15.7 Å². The number of benzene rings is 1. The molecule has 1 aliphatic rings. The molecule has 1 heterocycles. The Morgan fingerprint density at radius 3 is 2.70 bits per heavy atom. The van der Waals surface area contributed by atoms with E-state index in [-0.39, 0.29) is 0 Å². The number of carboxylic acids is 1. The minimum absolute atomic E-state index is 0.308. The zero-order valence-corrected chi connectivity index (χ0v) is 11.8. The van der Waals surface area contributed by atoms with Gasteiger partial charge in [-0.1, -0.05) is 24.4 Å². The summed E-state index contributed by atoms with van der Waals surface area (Å²) in [7, 11) is 0. The van der Waals surface area contributed by atoms with Gasteiger partial charge in [0.15, 0.2) is 0 Å². The summed E-state index contributed by atoms with van der Waals surface area (Å²) in [4.78, 5) is 24.7. The molecule has 3 N–H and O–H groups in total. The summed E-state index contributed by atoms with van der Waals surface area (Å²) in [6.45, 7) is 0.581. The van der Waals surface area contributed by atoms with Gasteiger partial charge in [0.1, 0.15) is 6.04 Å². The number of nitrogens with zero attached hydrogens (tertiary/aromatic N) is 1. The van der Waals surface area contributed by atoms with Crippen LogP contribution in [0.2, 0.25) is 5.02 Å². The maximum atomic E-state index is 11.5. The third-order valence-electron chi connectivity index (χ3n) is 3.57. The number of carbonyl (C=O) groups is 2. The first-order chi connectivity index (χ1) is 9.50. The lowest BCUT2D eigenvalue weighted by Gasteiger charge is -2.30. The average molecular weight is 297 g/mol. The normalized spacial score (nSPS) is 19.4. The lowest BCUT2D eigenvalue weighted by molar-refractivity contribution is -0.138. The van der Waals surface area contributed by atoms with E-state index in [1.54, 1.807) is 23.1 Å². The van der Waals surface area contributed by atoms with Crippen molar-refractivity contribution in [3.63, 3.8) is 0 Å². The predicted octanol–water partition coefficient (Wildman–Crippen LogP) is 2.27. The van der Waals surface area contributed by atoms with Crippen LogP contribution in [0.4, 0.5) is 5.69 Å². The zero-order chi connectivity index (χ0) is 14.7. The molecule has 0 aliphatic carbocycles. The van der Waals surface area contributed by atoms with Gasteiger partial charge in [-0.25, -0.2) is 4.79 Å². The Hall–Kier alpha value is -1.75. The molecule has 1 amide bonds. The smallest absolute Gasteiger partial charge is 0.326 e. The number of amides is 1. The van der Waals surface area contributed by atoms with Gasteiger partial charge in [-0.05, 0) is 31.0 Å². The molecule has 108 valence electrons. The Balaban J connectivity index is 2.47. The number of hydrogen-bond acceptors (Lipinski definition) is 3. The van der Waals surface area contributed by atoms with Gasteiger partial charge in [0.25, 0.3) is 5.91 Å². The molecule has 1 aromatic carbocycles. The number of carbonyl (C=O) groups excluding carboxylic acids is 1. The first-order valence-electron chi connectivity index (χ1n) is 6.59. The van der Waals surface area contributed by atoms with Gasteiger partial charge in [-0.15, -0.1) is 0 Å². The van der Waals surface area contributed by atoms with E-state index in [1.165, 1.54) is 0 Å². The molecule has 5 nitrogen and oxygen atoms in total. The average Bonchev–Trinajstić information content (AvgIpc) is 2.63. The summed E-state index contributed by atoms with van der Waals surface area (Å²) >= 11 is 5.98. The van der Waals surface area contributed by atoms with Crippen molar-refractivity contribution in [2.75, 3.05) is 11.4 Å². The predicted molar refractivity (Wildman–Crippen MR) is 77.2 cm³/mol. The van der Waals surface area contributed by atoms with E-state index in [0.29, 0.717) is 29.2 Å². The lowest BCUT2D eigenvalue weighted by atomic mass is 10.1. The Morgan fingerprint density at radius 1 is 1.30 bits per heavy atom. The molecule has 1 saturated heterocycles. The molecule has 20 heavy (non-hydrogen) atoms. The quantitative estimate of drug-likeness (QED) is 0.896. The third-order valence-corrected chi connectivity index (χ3v) is 3.81. The summed E-state index contributed by atoms with van der Waals surface area (Å²) in [6.07, 6.45) is 3.28. The second-order valence-corrected chi connectivity index (χ2v) is 5.36. The number of anilines is 1. The number of halogens is 1. The van der Waals surface area contributed by atoms with E-state index in [2.05, 4.69) is 0 Å². The first-order valence-corrected chi connectivity index (χ1v) is 6.97. The van der Waals surface area contributed by atoms with Crippen molar-refractivity contribution in [3.8, 4) is 0 Å². The van der Waals surface area contributed by atoms with Crippen LogP contribution in [0.1, 0.15) is 36.0 Å². The highest BCUT2D eigenvalue weighted by molar-refractivity contribution is 6.31. The maximum absolute atomic E-state index is 11.5. The van der Waals surface area contributed by atoms with Gasteiger partial charge in [-0.3, -0.25) is 4.79 Å². The van der Waals surface area contributed by atoms with Crippen LogP contribution in [0.25, 0.3) is 0 Å². The van der Waals surface area contributed by atoms with Crippen molar-refractivity contribution in [1.29, 1.82) is 0 Å². The van der Waals surface area contributed by atoms with Crippen molar-refractivity contribution < 1.29 is 14.7 Å². The number of carboxylic acid groups (broad SMARTS) is 1. The molecule has 1 aromatic rings. The van der Waals surface area contributed by atoms with E-state index >= 15 is 0 Å². The van der Waals surface area contributed by atoms with Gasteiger partial charge in [0, 0.05) is 11.6 Å². The van der Waals surface area contributed by atoms with Gasteiger partial charge in [-0.2, -0.15) is 0 Å². The van der Waals surface area contributed by atoms with Crippen LogP contribution in [0.5, 0.6) is 0 Å². The van der Waals surface area contributed by atoms with Gasteiger partial charge in [0.05, 0.1) is 11.3 Å². The van der Waals surface area contributed by atoms with Crippen LogP contribution >= 0.6 is 11.6 Å². The Morgan fingerprint density at radius 2 is 2.05 bits per heavy atom. The molecular weight excluding hydrogens is 280 g/mol. The van der Waals surface area contributed by atoms with E-state index < -0.39 is 17.9 Å². The lowest BCUT2D eigenvalue weighted by Crippen LogP contribution is -2.41. The minimum Gasteiger partial charge on any atom is -0.480 e. The molecule has 6 heteroatoms. The molecule has 1 unspecified atom stereocenters. The van der Waals surface area contributed by atoms with E-state index in [9.17, 15) is 14.7 Å². The highest BCUT2D eigenvalue weighted by Gasteiger charge is 2.29. The Bertz CT molecular complexity index is 533. The fourth-order valence-corrected chi connectivity index (χ4v) is 2.77. The van der Waals surface area contributed by atoms with Gasteiger partial charge in [0.2, 0.25) is 0 Å². The van der Waals surface area contributed by atoms with E-state index in [1.807, 2.05) is 0 Å². The summed E-state index contributed by atoms with van der Waals surface area (Å²) in [5.41, 5.74) is 6.20. The van der Waals surface area contributed by atoms with Crippen LogP contribution in [-0.4, -0.2) is 29.6 Å². The summed E-state index contributed by atoms with van der Waals surface area (Å²) in [5, 5.41) is 9.86. The fraction of sp³-hybridized carbons (Fsp3) is 0.429. The molecule has 0 radical (unpaired) electrons. The van der Waals surface area contributed by atoms with Crippen molar-refractivity contribution >= 4 is 29.2 Å². The highest BCUT2D eigenvalue weighted by Crippen LogP contribution is 2.30. The van der Waals surface area contributed by atoms with E-state index in [0.717, 1.165) is 19.3 Å². The summed E-state index contributed by atoms with van der Waals surface area (Å²) in [6, 6.07) is 4.10. The number of primary amides is 1. The number of rotatable bonds is 3. The largest absolute Gasteiger partial charge is 0.480 e. The van der Waals surface area contributed by atoms with Crippen LogP contribution < -0.4 is 10.6 Å². The second kappa shape index (κ2) is 6.13. The van der Waals surface area contributed by atoms with Gasteiger partial charge >= 0.3 is 5.97 Å². The van der Waals surface area contributed by atoms with Crippen molar-refractivity contribution in [1.82, 2.24) is 0 Å². The van der Waals surface area contributed by atoms with Crippen molar-refractivity contribution in [2.45, 2.75) is 31.7 Å². The molecule has 0 aromatic heterocycles. The molecule has 1 fully saturated rings. The molecule has 1 atom stereocenters. The highest BCUT2D eigenvalue weighted by atomic mass is 35.5. The molecule has 1 aliphatic heterocycles. The second-order valence-electron chi connectivity index (χ2n) is 4.92. The number of nitrogens with two attached hydrogens (primary N) is 1. The molecule has 0 spiro atoms. The molecule has 0 bridgehead atoms. The number of aliphatic carboxylic acids is 1. The summed E-state index contributed by atoms with van der Waals surface area (Å²) < 4.78 is 0. The Kier molecular flexibility index (Phi) is 4.49. The molecule has 2 rings (SSSR count). The van der Waals surface area contributed by atoms with Crippen LogP contribution in [0.3, 0.4) is 0 Å². The number of hydrogen-bond donors (Lipinski definition) is 2. The Labute approximate surface area is 122 Å². The topological polar surface area (TPSA) is 83.6 Å². The maximum Gasteiger partial charge on any atom is 0.326 e. The van der Waals surface area contributed by atoms with Crippen molar-refractivity contribution in [3.05, 3.63) is 28.8 Å². The zero-order valence-electron chi connectivity index (χ0n) is 11.0. The molecular formula is C14H17ClN2O3. The minimum atomic E-state index is -0.887. The van der Waals surface area contributed by atoms with Crippen LogP contribution in [0.15, 0.2) is 18.2 Å². The van der Waals surface area contributed by atoms with Crippen LogP contribution in [0, 0.1) is 0 Å². The monoisotopic (exact) mass is 296 g/mol. The SMILES string of the molecule is NC(=O)c1ccc(Cl)cc1N1CCCCCC1C(=O)O. The van der Waals surface area contributed by atoms with E-state index in [4.69, 9.17) is 17.3 Å². The first kappa shape index (κ1) is 14.7. The fourth-order valence-electron chi connectivity index (χ4n) is 2.60. The summed E-state index contributed by atoms with van der Waals surface area (Å²) in [5.74, 6) is -1.47.